The first-order valence-corrected chi connectivity index (χ1v) is 12.1. The van der Waals surface area contributed by atoms with Gasteiger partial charge in [0.05, 0.1) is 12.4 Å². The number of rotatable bonds is 3. The molecule has 10 nitrogen and oxygen atoms in total. The highest BCUT2D eigenvalue weighted by Gasteiger charge is 2.45. The van der Waals surface area contributed by atoms with Crippen molar-refractivity contribution in [3.63, 3.8) is 0 Å². The van der Waals surface area contributed by atoms with Crippen LogP contribution in [0.15, 0.2) is 12.7 Å². The van der Waals surface area contributed by atoms with Crippen molar-refractivity contribution >= 4 is 23.1 Å². The van der Waals surface area contributed by atoms with Gasteiger partial charge in [0.25, 0.3) is 0 Å². The van der Waals surface area contributed by atoms with Gasteiger partial charge in [0.1, 0.15) is 23.7 Å². The van der Waals surface area contributed by atoms with Crippen LogP contribution in [0.1, 0.15) is 65.5 Å². The summed E-state index contributed by atoms with van der Waals surface area (Å²) in [6, 6.07) is 0. The van der Waals surface area contributed by atoms with Gasteiger partial charge in [-0.2, -0.15) is 0 Å². The van der Waals surface area contributed by atoms with Gasteiger partial charge in [-0.25, -0.2) is 19.7 Å². The first-order valence-electron chi connectivity index (χ1n) is 12.1. The predicted octanol–water partition coefficient (Wildman–Crippen LogP) is 2.95. The van der Waals surface area contributed by atoms with Gasteiger partial charge < -0.3 is 20.1 Å². The molecule has 2 N–H and O–H groups in total. The molecular formula is C23H35N7O3. The lowest BCUT2D eigenvalue weighted by molar-refractivity contribution is -0.0365. The van der Waals surface area contributed by atoms with Crippen molar-refractivity contribution in [1.29, 1.82) is 0 Å². The Morgan fingerprint density at radius 3 is 2.73 bits per heavy atom. The van der Waals surface area contributed by atoms with Crippen LogP contribution >= 0.6 is 0 Å². The van der Waals surface area contributed by atoms with E-state index in [-0.39, 0.29) is 24.0 Å². The van der Waals surface area contributed by atoms with Crippen molar-refractivity contribution in [2.24, 2.45) is 0 Å². The second-order valence-electron chi connectivity index (χ2n) is 10.6. The van der Waals surface area contributed by atoms with E-state index in [0.717, 1.165) is 57.5 Å². The third kappa shape index (κ3) is 4.38. The highest BCUT2D eigenvalue weighted by molar-refractivity contribution is 5.81. The van der Waals surface area contributed by atoms with Gasteiger partial charge in [0, 0.05) is 25.2 Å². The lowest BCUT2D eigenvalue weighted by Crippen LogP contribution is -2.55. The van der Waals surface area contributed by atoms with E-state index in [4.69, 9.17) is 15.2 Å². The van der Waals surface area contributed by atoms with E-state index in [0.29, 0.717) is 11.3 Å². The summed E-state index contributed by atoms with van der Waals surface area (Å²) in [5.41, 5.74) is 6.99. The molecule has 2 unspecified atom stereocenters. The van der Waals surface area contributed by atoms with Gasteiger partial charge in [0.2, 0.25) is 0 Å². The van der Waals surface area contributed by atoms with Crippen LogP contribution in [-0.2, 0) is 9.47 Å². The van der Waals surface area contributed by atoms with E-state index in [1.54, 1.807) is 6.33 Å². The Kier molecular flexibility index (Phi) is 5.68. The third-order valence-corrected chi connectivity index (χ3v) is 7.29. The van der Waals surface area contributed by atoms with E-state index >= 15 is 0 Å². The average Bonchev–Trinajstić information content (AvgIpc) is 3.48. The molecule has 3 aliphatic rings. The molecule has 1 amide bonds. The Morgan fingerprint density at radius 2 is 1.97 bits per heavy atom. The fourth-order valence-corrected chi connectivity index (χ4v) is 5.63. The second-order valence-corrected chi connectivity index (χ2v) is 10.6. The molecule has 0 aliphatic carbocycles. The minimum absolute atomic E-state index is 0.0816. The van der Waals surface area contributed by atoms with Crippen LogP contribution in [0.5, 0.6) is 0 Å². The smallest absolute Gasteiger partial charge is 0.410 e. The van der Waals surface area contributed by atoms with Crippen molar-refractivity contribution in [1.82, 2.24) is 29.3 Å². The molecule has 0 radical (unpaired) electrons. The molecule has 0 saturated carbocycles. The number of imidazole rings is 1. The summed E-state index contributed by atoms with van der Waals surface area (Å²) in [7, 11) is 0. The molecule has 180 valence electrons. The number of piperidine rings is 1. The molecule has 1 spiro atoms. The molecule has 0 aromatic carbocycles. The number of hydrogen-bond acceptors (Lipinski definition) is 8. The van der Waals surface area contributed by atoms with Crippen molar-refractivity contribution in [3.8, 4) is 0 Å². The molecule has 33 heavy (non-hydrogen) atoms. The normalized spacial score (nSPS) is 25.8. The van der Waals surface area contributed by atoms with Gasteiger partial charge in [0.15, 0.2) is 11.5 Å². The van der Waals surface area contributed by atoms with E-state index < -0.39 is 5.60 Å². The van der Waals surface area contributed by atoms with E-state index in [1.807, 2.05) is 30.2 Å². The van der Waals surface area contributed by atoms with Gasteiger partial charge in [-0.3, -0.25) is 9.47 Å². The fraction of sp³-hybridized carbons (Fsp3) is 0.739. The number of fused-ring (bicyclic) bond motifs is 1. The zero-order valence-electron chi connectivity index (χ0n) is 19.9. The molecule has 2 atom stereocenters. The summed E-state index contributed by atoms with van der Waals surface area (Å²) in [5.74, 6) is 0.394. The Hall–Kier alpha value is -2.46. The lowest BCUT2D eigenvalue weighted by Gasteiger charge is -2.45. The van der Waals surface area contributed by atoms with Crippen molar-refractivity contribution in [2.45, 2.75) is 82.8 Å². The minimum atomic E-state index is -0.458. The number of nitrogens with two attached hydrogens (primary N) is 1. The summed E-state index contributed by atoms with van der Waals surface area (Å²) in [6.45, 7) is 9.26. The number of carbonyl (C=O) groups is 1. The largest absolute Gasteiger partial charge is 0.444 e. The third-order valence-electron chi connectivity index (χ3n) is 7.29. The summed E-state index contributed by atoms with van der Waals surface area (Å²) >= 11 is 0. The summed E-state index contributed by atoms with van der Waals surface area (Å²) in [5, 5.41) is 0. The SMILES string of the molecule is CC(C)(C)OC(=O)N1CCC2(CCCN2CC2CCC(n3cnc4c(N)ncnc43)O2)CC1. The molecule has 0 bridgehead atoms. The fourth-order valence-electron chi connectivity index (χ4n) is 5.63. The Labute approximate surface area is 194 Å². The molecular weight excluding hydrogens is 422 g/mol. The van der Waals surface area contributed by atoms with Crippen LogP contribution < -0.4 is 5.73 Å². The van der Waals surface area contributed by atoms with Crippen molar-refractivity contribution in [3.05, 3.63) is 12.7 Å². The molecule has 5 heterocycles. The maximum absolute atomic E-state index is 12.5. The number of nitrogens with zero attached hydrogens (tertiary/aromatic N) is 6. The van der Waals surface area contributed by atoms with Crippen LogP contribution in [0.3, 0.4) is 0 Å². The Bertz CT molecular complexity index is 1010. The minimum Gasteiger partial charge on any atom is -0.444 e. The van der Waals surface area contributed by atoms with Crippen LogP contribution in [0.25, 0.3) is 11.2 Å². The predicted molar refractivity (Wildman–Crippen MR) is 123 cm³/mol. The van der Waals surface area contributed by atoms with Crippen molar-refractivity contribution in [2.75, 3.05) is 31.9 Å². The van der Waals surface area contributed by atoms with Crippen LogP contribution in [0.2, 0.25) is 0 Å². The Balaban J connectivity index is 1.20. The maximum atomic E-state index is 12.5. The number of anilines is 1. The number of ether oxygens (including phenoxy) is 2. The highest BCUT2D eigenvalue weighted by atomic mass is 16.6. The lowest BCUT2D eigenvalue weighted by atomic mass is 9.85. The Morgan fingerprint density at radius 1 is 1.18 bits per heavy atom. The molecule has 10 heteroatoms. The zero-order chi connectivity index (χ0) is 23.2. The molecule has 3 fully saturated rings. The molecule has 5 rings (SSSR count). The van der Waals surface area contributed by atoms with Crippen LogP contribution in [0, 0.1) is 0 Å². The summed E-state index contributed by atoms with van der Waals surface area (Å²) < 4.78 is 14.0. The van der Waals surface area contributed by atoms with Crippen LogP contribution in [-0.4, -0.2) is 78.8 Å². The number of hydrogen-bond donors (Lipinski definition) is 1. The van der Waals surface area contributed by atoms with Gasteiger partial charge in [-0.1, -0.05) is 0 Å². The summed E-state index contributed by atoms with van der Waals surface area (Å²) in [4.78, 5) is 29.7. The second kappa shape index (κ2) is 8.39. The number of carbonyl (C=O) groups excluding carboxylic acids is 1. The number of amides is 1. The molecule has 3 aliphatic heterocycles. The number of likely N-dealkylation sites (tertiary alicyclic amines) is 2. The van der Waals surface area contributed by atoms with Crippen molar-refractivity contribution < 1.29 is 14.3 Å². The molecule has 2 aromatic rings. The van der Waals surface area contributed by atoms with Gasteiger partial charge in [-0.15, -0.1) is 0 Å². The molecule has 3 saturated heterocycles. The number of nitrogen functional groups attached to an aromatic ring is 1. The van der Waals surface area contributed by atoms with E-state index in [9.17, 15) is 4.79 Å². The first kappa shape index (κ1) is 22.3. The maximum Gasteiger partial charge on any atom is 0.410 e. The van der Waals surface area contributed by atoms with Gasteiger partial charge in [-0.05, 0) is 65.8 Å². The zero-order valence-corrected chi connectivity index (χ0v) is 19.9. The quantitative estimate of drug-likeness (QED) is 0.749. The van der Waals surface area contributed by atoms with E-state index in [1.165, 1.54) is 19.2 Å². The standard InChI is InChI=1S/C23H35N7O3/c1-22(2,3)33-21(31)28-11-8-23(9-12-28)7-4-10-29(23)13-16-5-6-17(32-16)30-15-27-18-19(24)25-14-26-20(18)30/h14-17H,4-13H2,1-3H3,(H2,24,25,26). The number of aromatic nitrogens is 4. The highest BCUT2D eigenvalue weighted by Crippen LogP contribution is 2.40. The summed E-state index contributed by atoms with van der Waals surface area (Å²) in [6.07, 6.45) is 9.42. The van der Waals surface area contributed by atoms with Gasteiger partial charge >= 0.3 is 6.09 Å². The first-order chi connectivity index (χ1) is 15.7. The monoisotopic (exact) mass is 457 g/mol. The van der Waals surface area contributed by atoms with Crippen LogP contribution in [0.4, 0.5) is 10.6 Å². The van der Waals surface area contributed by atoms with E-state index in [2.05, 4.69) is 19.9 Å². The molecule has 2 aromatic heterocycles. The topological polar surface area (TPSA) is 112 Å². The average molecular weight is 458 g/mol.